The quantitative estimate of drug-likeness (QED) is 0.146. The molecule has 0 saturated carbocycles. The van der Waals surface area contributed by atoms with Gasteiger partial charge in [-0.2, -0.15) is 0 Å². The van der Waals surface area contributed by atoms with E-state index in [1.807, 2.05) is 73.9 Å². The first-order valence-electron chi connectivity index (χ1n) is 11.9. The van der Waals surface area contributed by atoms with Crippen molar-refractivity contribution in [2.24, 2.45) is 0 Å². The van der Waals surface area contributed by atoms with Gasteiger partial charge >= 0.3 is 0 Å². The molecule has 0 aliphatic carbocycles. The number of furan rings is 1. The van der Waals surface area contributed by atoms with Gasteiger partial charge in [0, 0.05) is 58.4 Å². The van der Waals surface area contributed by atoms with Gasteiger partial charge in [0.25, 0.3) is 0 Å². The van der Waals surface area contributed by atoms with Crippen LogP contribution in [0.5, 0.6) is 0 Å². The zero-order valence-electron chi connectivity index (χ0n) is 21.2. The van der Waals surface area contributed by atoms with E-state index >= 15 is 0 Å². The second kappa shape index (κ2) is 11.3. The fraction of sp³-hybridized carbons (Fsp3) is 0.129. The summed E-state index contributed by atoms with van der Waals surface area (Å²) >= 11 is 0. The maximum Gasteiger partial charge on any atom is 0.124 e. The number of pyridine rings is 3. The molecule has 0 aliphatic heterocycles. The Morgan fingerprint density at radius 3 is 2.32 bits per heavy atom. The number of fused-ring (bicyclic) bond motifs is 3. The predicted octanol–water partition coefficient (Wildman–Crippen LogP) is 7.24. The molecule has 2 aromatic carbocycles. The molecule has 6 heteroatoms. The third-order valence-corrected chi connectivity index (χ3v) is 7.98. The molecule has 4 nitrogen and oxygen atoms in total. The maximum atomic E-state index is 6.18. The monoisotopic (exact) mass is 678 g/mol. The summed E-state index contributed by atoms with van der Waals surface area (Å²) in [5, 5.41) is 3.59. The molecule has 0 unspecified atom stereocenters. The summed E-state index contributed by atoms with van der Waals surface area (Å²) in [4.78, 5) is 13.1. The standard InChI is InChI=1S/C19H17N2OSi.C12H10N.Ir/c1-23(2,3)17-8-7-13(15-6-4-5-10-21-15)19-18(17)14-12-20-11-9-16(14)22-19;1-10-7-8-12(13-9-10)11-5-3-2-4-6-11;/h4-6,8-12H,1-3H3;2-5,7-9H,1H3;/q2*-1;. The smallest absolute Gasteiger partial charge is 0.124 e. The molecule has 37 heavy (non-hydrogen) atoms. The molecule has 0 fully saturated rings. The summed E-state index contributed by atoms with van der Waals surface area (Å²) < 4.78 is 6.18. The van der Waals surface area contributed by atoms with Gasteiger partial charge in [-0.05, 0) is 36.0 Å². The molecular weight excluding hydrogens is 651 g/mol. The van der Waals surface area contributed by atoms with E-state index in [0.29, 0.717) is 0 Å². The average Bonchev–Trinajstić information content (AvgIpc) is 3.29. The molecule has 0 amide bonds. The molecular formula is C31H27IrN3OSi-2. The van der Waals surface area contributed by atoms with Gasteiger partial charge < -0.3 is 14.4 Å². The Labute approximate surface area is 232 Å². The minimum atomic E-state index is -1.54. The van der Waals surface area contributed by atoms with Crippen molar-refractivity contribution < 1.29 is 24.5 Å². The zero-order valence-corrected chi connectivity index (χ0v) is 24.6. The second-order valence-electron chi connectivity index (χ2n) is 9.72. The van der Waals surface area contributed by atoms with Crippen LogP contribution in [0.4, 0.5) is 0 Å². The van der Waals surface area contributed by atoms with Crippen molar-refractivity contribution in [3.8, 4) is 22.5 Å². The maximum absolute atomic E-state index is 6.18. The Morgan fingerprint density at radius 1 is 0.811 bits per heavy atom. The Bertz CT molecular complexity index is 1610. The summed E-state index contributed by atoms with van der Waals surface area (Å²) in [6, 6.07) is 28.4. The van der Waals surface area contributed by atoms with Crippen LogP contribution >= 0.6 is 0 Å². The molecule has 4 heterocycles. The minimum Gasteiger partial charge on any atom is -0.500 e. The van der Waals surface area contributed by atoms with Gasteiger partial charge in [0.1, 0.15) is 5.58 Å². The average molecular weight is 678 g/mol. The number of aromatic nitrogens is 3. The largest absolute Gasteiger partial charge is 0.500 e. The molecule has 0 aliphatic rings. The number of rotatable bonds is 3. The van der Waals surface area contributed by atoms with Gasteiger partial charge in [-0.25, -0.2) is 0 Å². The van der Waals surface area contributed by atoms with Crippen LogP contribution in [0.3, 0.4) is 0 Å². The van der Waals surface area contributed by atoms with Crippen LogP contribution in [0.1, 0.15) is 5.56 Å². The molecule has 187 valence electrons. The molecule has 1 radical (unpaired) electrons. The van der Waals surface area contributed by atoms with E-state index in [4.69, 9.17) is 4.42 Å². The third-order valence-electron chi connectivity index (χ3n) is 5.97. The SMILES string of the molecule is C[Si](C)(C)c1c[c-]c(-c2ccccn2)c2oc3ccncc3c12.Cc1ccc(-c2[c-]cccc2)nc1.[Ir]. The molecule has 4 aromatic heterocycles. The van der Waals surface area contributed by atoms with Crippen molar-refractivity contribution in [1.29, 1.82) is 0 Å². The van der Waals surface area contributed by atoms with Crippen molar-refractivity contribution in [3.63, 3.8) is 0 Å². The van der Waals surface area contributed by atoms with Crippen molar-refractivity contribution in [3.05, 3.63) is 109 Å². The van der Waals surface area contributed by atoms with Crippen molar-refractivity contribution >= 4 is 35.2 Å². The van der Waals surface area contributed by atoms with E-state index in [2.05, 4.69) is 58.9 Å². The van der Waals surface area contributed by atoms with Gasteiger partial charge in [-0.3, -0.25) is 4.98 Å². The summed E-state index contributed by atoms with van der Waals surface area (Å²) in [5.41, 5.74) is 6.73. The molecule has 0 atom stereocenters. The van der Waals surface area contributed by atoms with E-state index in [0.717, 1.165) is 39.1 Å². The van der Waals surface area contributed by atoms with Crippen LogP contribution < -0.4 is 5.19 Å². The van der Waals surface area contributed by atoms with Crippen molar-refractivity contribution in [1.82, 2.24) is 15.0 Å². The van der Waals surface area contributed by atoms with E-state index in [9.17, 15) is 0 Å². The third kappa shape index (κ3) is 5.77. The van der Waals surface area contributed by atoms with Crippen LogP contribution in [0.2, 0.25) is 19.6 Å². The Hall–Kier alpha value is -3.44. The molecule has 0 spiro atoms. The van der Waals surface area contributed by atoms with Crippen LogP contribution in [-0.2, 0) is 20.1 Å². The van der Waals surface area contributed by atoms with E-state index in [1.54, 1.807) is 12.4 Å². The van der Waals surface area contributed by atoms with Gasteiger partial charge in [-0.15, -0.1) is 53.2 Å². The number of hydrogen-bond donors (Lipinski definition) is 0. The molecule has 0 bridgehead atoms. The van der Waals surface area contributed by atoms with Crippen LogP contribution in [0, 0.1) is 19.1 Å². The zero-order chi connectivity index (χ0) is 25.1. The van der Waals surface area contributed by atoms with Crippen LogP contribution in [0.25, 0.3) is 44.5 Å². The van der Waals surface area contributed by atoms with Crippen molar-refractivity contribution in [2.75, 3.05) is 0 Å². The van der Waals surface area contributed by atoms with Gasteiger partial charge in [0.2, 0.25) is 0 Å². The fourth-order valence-electron chi connectivity index (χ4n) is 4.14. The molecule has 6 aromatic rings. The number of hydrogen-bond acceptors (Lipinski definition) is 4. The topological polar surface area (TPSA) is 51.8 Å². The number of benzene rings is 2. The predicted molar refractivity (Wildman–Crippen MR) is 150 cm³/mol. The van der Waals surface area contributed by atoms with Gasteiger partial charge in [0.05, 0.1) is 5.58 Å². The minimum absolute atomic E-state index is 0. The first kappa shape index (κ1) is 26.6. The Balaban J connectivity index is 0.000000195. The number of nitrogens with zero attached hydrogens (tertiary/aromatic N) is 3. The summed E-state index contributed by atoms with van der Waals surface area (Å²) in [6.45, 7) is 9.05. The molecule has 0 saturated heterocycles. The van der Waals surface area contributed by atoms with Crippen molar-refractivity contribution in [2.45, 2.75) is 26.6 Å². The Morgan fingerprint density at radius 2 is 1.65 bits per heavy atom. The molecule has 0 N–H and O–H groups in total. The van der Waals surface area contributed by atoms with Gasteiger partial charge in [-0.1, -0.05) is 54.9 Å². The van der Waals surface area contributed by atoms with Gasteiger partial charge in [0.15, 0.2) is 0 Å². The fourth-order valence-corrected chi connectivity index (χ4v) is 5.64. The van der Waals surface area contributed by atoms with Crippen LogP contribution in [-0.4, -0.2) is 23.0 Å². The van der Waals surface area contributed by atoms with Crippen LogP contribution in [0.15, 0.2) is 95.9 Å². The first-order chi connectivity index (χ1) is 17.4. The molecule has 6 rings (SSSR count). The number of aryl methyl sites for hydroxylation is 1. The summed E-state index contributed by atoms with van der Waals surface area (Å²) in [7, 11) is -1.54. The van der Waals surface area contributed by atoms with E-state index in [1.165, 1.54) is 16.1 Å². The van der Waals surface area contributed by atoms with E-state index in [-0.39, 0.29) is 20.1 Å². The Kier molecular flexibility index (Phi) is 8.13. The summed E-state index contributed by atoms with van der Waals surface area (Å²) in [5.74, 6) is 0. The second-order valence-corrected chi connectivity index (χ2v) is 14.8. The first-order valence-corrected chi connectivity index (χ1v) is 15.4. The van der Waals surface area contributed by atoms with E-state index < -0.39 is 8.07 Å². The summed E-state index contributed by atoms with van der Waals surface area (Å²) in [6.07, 6.45) is 7.33. The normalized spacial score (nSPS) is 11.0.